The molecule has 0 bridgehead atoms. The van der Waals surface area contributed by atoms with Crippen molar-refractivity contribution in [1.29, 1.82) is 0 Å². The standard InChI is InChI=1S/C11H13F2N3/c1-11(12,13)10-15-8-4-2-3-5-9(8)16(10)7-6-14/h2-5H,6-7,14H2,1H3. The van der Waals surface area contributed by atoms with Crippen LogP contribution in [0.2, 0.25) is 0 Å². The van der Waals surface area contributed by atoms with Crippen molar-refractivity contribution >= 4 is 11.0 Å². The van der Waals surface area contributed by atoms with Gasteiger partial charge in [0.2, 0.25) is 0 Å². The Labute approximate surface area is 91.9 Å². The average Bonchev–Trinajstić information content (AvgIpc) is 2.58. The Morgan fingerprint density at radius 2 is 2.06 bits per heavy atom. The molecule has 86 valence electrons. The second-order valence-corrected chi connectivity index (χ2v) is 3.75. The zero-order valence-corrected chi connectivity index (χ0v) is 8.95. The number of hydrogen-bond donors (Lipinski definition) is 1. The molecule has 16 heavy (non-hydrogen) atoms. The van der Waals surface area contributed by atoms with E-state index in [0.29, 0.717) is 24.1 Å². The van der Waals surface area contributed by atoms with Crippen molar-refractivity contribution in [2.45, 2.75) is 19.4 Å². The molecule has 0 aliphatic carbocycles. The molecule has 0 fully saturated rings. The molecule has 0 aliphatic rings. The van der Waals surface area contributed by atoms with Crippen molar-refractivity contribution in [3.63, 3.8) is 0 Å². The summed E-state index contributed by atoms with van der Waals surface area (Å²) in [6.07, 6.45) is 0. The fourth-order valence-electron chi connectivity index (χ4n) is 1.77. The van der Waals surface area contributed by atoms with Gasteiger partial charge in [0.05, 0.1) is 11.0 Å². The fourth-order valence-corrected chi connectivity index (χ4v) is 1.77. The van der Waals surface area contributed by atoms with Crippen molar-refractivity contribution in [3.8, 4) is 0 Å². The minimum atomic E-state index is -2.95. The van der Waals surface area contributed by atoms with Gasteiger partial charge >= 0.3 is 5.92 Å². The van der Waals surface area contributed by atoms with Gasteiger partial charge < -0.3 is 10.3 Å². The molecule has 0 spiro atoms. The normalized spacial score (nSPS) is 12.2. The van der Waals surface area contributed by atoms with Gasteiger partial charge in [-0.15, -0.1) is 0 Å². The molecule has 1 aromatic heterocycles. The topological polar surface area (TPSA) is 43.8 Å². The number of imidazole rings is 1. The first-order valence-corrected chi connectivity index (χ1v) is 5.07. The SMILES string of the molecule is CC(F)(F)c1nc2ccccc2n1CCN. The lowest BCUT2D eigenvalue weighted by molar-refractivity contribution is 0.00466. The number of nitrogens with zero attached hydrogens (tertiary/aromatic N) is 2. The van der Waals surface area contributed by atoms with Crippen LogP contribution in [0, 0.1) is 0 Å². The van der Waals surface area contributed by atoms with Crippen LogP contribution in [0.25, 0.3) is 11.0 Å². The molecule has 1 heterocycles. The highest BCUT2D eigenvalue weighted by atomic mass is 19.3. The molecule has 0 saturated carbocycles. The van der Waals surface area contributed by atoms with Gasteiger partial charge in [0.25, 0.3) is 0 Å². The van der Waals surface area contributed by atoms with E-state index < -0.39 is 5.92 Å². The molecule has 5 heteroatoms. The average molecular weight is 225 g/mol. The Hall–Kier alpha value is -1.49. The summed E-state index contributed by atoms with van der Waals surface area (Å²) in [6, 6.07) is 7.07. The van der Waals surface area contributed by atoms with E-state index in [1.165, 1.54) is 4.57 Å². The Morgan fingerprint density at radius 3 is 2.69 bits per heavy atom. The number of benzene rings is 1. The van der Waals surface area contributed by atoms with E-state index >= 15 is 0 Å². The van der Waals surface area contributed by atoms with E-state index in [2.05, 4.69) is 4.98 Å². The molecular weight excluding hydrogens is 212 g/mol. The molecule has 0 amide bonds. The summed E-state index contributed by atoms with van der Waals surface area (Å²) < 4.78 is 28.2. The van der Waals surface area contributed by atoms with Gasteiger partial charge in [-0.2, -0.15) is 8.78 Å². The summed E-state index contributed by atoms with van der Waals surface area (Å²) in [6.45, 7) is 1.50. The summed E-state index contributed by atoms with van der Waals surface area (Å²) in [5.41, 5.74) is 6.70. The summed E-state index contributed by atoms with van der Waals surface area (Å²) in [5.74, 6) is -3.17. The lowest BCUT2D eigenvalue weighted by atomic mass is 10.3. The fraction of sp³-hybridized carbons (Fsp3) is 0.364. The third-order valence-corrected chi connectivity index (χ3v) is 2.40. The summed E-state index contributed by atoms with van der Waals surface area (Å²) in [4.78, 5) is 3.96. The smallest absolute Gasteiger partial charge is 0.302 e. The van der Waals surface area contributed by atoms with Gasteiger partial charge in [-0.1, -0.05) is 12.1 Å². The van der Waals surface area contributed by atoms with Gasteiger partial charge in [-0.05, 0) is 12.1 Å². The lowest BCUT2D eigenvalue weighted by Gasteiger charge is -2.12. The van der Waals surface area contributed by atoms with Crippen LogP contribution in [0.3, 0.4) is 0 Å². The second kappa shape index (κ2) is 3.83. The molecule has 2 rings (SSSR count). The number of alkyl halides is 2. The van der Waals surface area contributed by atoms with E-state index in [0.717, 1.165) is 6.92 Å². The number of fused-ring (bicyclic) bond motifs is 1. The zero-order valence-electron chi connectivity index (χ0n) is 8.95. The minimum absolute atomic E-state index is 0.223. The minimum Gasteiger partial charge on any atom is -0.329 e. The van der Waals surface area contributed by atoms with Gasteiger partial charge in [0, 0.05) is 20.0 Å². The molecule has 2 N–H and O–H groups in total. The summed E-state index contributed by atoms with van der Waals surface area (Å²) in [5, 5.41) is 0. The second-order valence-electron chi connectivity index (χ2n) is 3.75. The Morgan fingerprint density at radius 1 is 1.38 bits per heavy atom. The van der Waals surface area contributed by atoms with Crippen LogP contribution in [-0.2, 0) is 12.5 Å². The highest BCUT2D eigenvalue weighted by Crippen LogP contribution is 2.29. The van der Waals surface area contributed by atoms with Crippen LogP contribution in [-0.4, -0.2) is 16.1 Å². The van der Waals surface area contributed by atoms with Crippen LogP contribution in [0.1, 0.15) is 12.7 Å². The molecule has 1 aromatic carbocycles. The molecule has 2 aromatic rings. The van der Waals surface area contributed by atoms with E-state index in [4.69, 9.17) is 5.73 Å². The number of aromatic nitrogens is 2. The number of halogens is 2. The predicted octanol–water partition coefficient (Wildman–Crippen LogP) is 2.11. The molecule has 0 radical (unpaired) electrons. The van der Waals surface area contributed by atoms with Gasteiger partial charge in [0.1, 0.15) is 0 Å². The molecule has 0 saturated heterocycles. The molecule has 3 nitrogen and oxygen atoms in total. The molecule has 0 atom stereocenters. The quantitative estimate of drug-likeness (QED) is 0.869. The maximum Gasteiger partial charge on any atom is 0.302 e. The van der Waals surface area contributed by atoms with Crippen LogP contribution >= 0.6 is 0 Å². The van der Waals surface area contributed by atoms with Crippen LogP contribution in [0.5, 0.6) is 0 Å². The Balaban J connectivity index is 2.68. The van der Waals surface area contributed by atoms with Crippen LogP contribution in [0.4, 0.5) is 8.78 Å². The first-order valence-electron chi connectivity index (χ1n) is 5.07. The van der Waals surface area contributed by atoms with Gasteiger partial charge in [-0.3, -0.25) is 0 Å². The van der Waals surface area contributed by atoms with Crippen molar-refractivity contribution in [1.82, 2.24) is 9.55 Å². The third kappa shape index (κ3) is 1.78. The Kier molecular flexibility index (Phi) is 2.63. The molecular formula is C11H13F2N3. The van der Waals surface area contributed by atoms with E-state index in [-0.39, 0.29) is 5.82 Å². The van der Waals surface area contributed by atoms with Crippen molar-refractivity contribution in [2.24, 2.45) is 5.73 Å². The van der Waals surface area contributed by atoms with Crippen molar-refractivity contribution in [2.75, 3.05) is 6.54 Å². The van der Waals surface area contributed by atoms with E-state index in [1.54, 1.807) is 24.3 Å². The number of hydrogen-bond acceptors (Lipinski definition) is 2. The van der Waals surface area contributed by atoms with E-state index in [1.807, 2.05) is 0 Å². The highest BCUT2D eigenvalue weighted by molar-refractivity contribution is 5.76. The maximum atomic E-state index is 13.4. The maximum absolute atomic E-state index is 13.4. The number of para-hydroxylation sites is 2. The molecule has 0 unspecified atom stereocenters. The third-order valence-electron chi connectivity index (χ3n) is 2.40. The van der Waals surface area contributed by atoms with Crippen molar-refractivity contribution in [3.05, 3.63) is 30.1 Å². The largest absolute Gasteiger partial charge is 0.329 e. The van der Waals surface area contributed by atoms with Crippen LogP contribution in [0.15, 0.2) is 24.3 Å². The molecule has 0 aliphatic heterocycles. The highest BCUT2D eigenvalue weighted by Gasteiger charge is 2.31. The monoisotopic (exact) mass is 225 g/mol. The first-order chi connectivity index (χ1) is 7.54. The summed E-state index contributed by atoms with van der Waals surface area (Å²) >= 11 is 0. The number of rotatable bonds is 3. The first kappa shape index (κ1) is 11.0. The van der Waals surface area contributed by atoms with Crippen LogP contribution < -0.4 is 5.73 Å². The van der Waals surface area contributed by atoms with E-state index in [9.17, 15) is 8.78 Å². The lowest BCUT2D eigenvalue weighted by Crippen LogP contribution is -2.19. The van der Waals surface area contributed by atoms with Crippen molar-refractivity contribution < 1.29 is 8.78 Å². The Bertz CT molecular complexity index is 499. The van der Waals surface area contributed by atoms with Gasteiger partial charge in [-0.25, -0.2) is 4.98 Å². The zero-order chi connectivity index (χ0) is 11.8. The predicted molar refractivity (Wildman–Crippen MR) is 58.4 cm³/mol. The number of nitrogens with two attached hydrogens (primary N) is 1. The summed E-state index contributed by atoms with van der Waals surface area (Å²) in [7, 11) is 0. The van der Waals surface area contributed by atoms with Gasteiger partial charge in [0.15, 0.2) is 5.82 Å².